The molecule has 3 heteroatoms. The van der Waals surface area contributed by atoms with E-state index in [1.807, 2.05) is 0 Å². The van der Waals surface area contributed by atoms with Crippen molar-refractivity contribution >= 4 is 0 Å². The fourth-order valence-corrected chi connectivity index (χ4v) is 3.44. The van der Waals surface area contributed by atoms with Gasteiger partial charge in [0.25, 0.3) is 0 Å². The summed E-state index contributed by atoms with van der Waals surface area (Å²) in [6.07, 6.45) is 8.56. The summed E-state index contributed by atoms with van der Waals surface area (Å²) < 4.78 is 0. The third-order valence-corrected chi connectivity index (χ3v) is 4.86. The first kappa shape index (κ1) is 12.9. The van der Waals surface area contributed by atoms with Crippen LogP contribution in [-0.4, -0.2) is 61.7 Å². The molecule has 3 fully saturated rings. The van der Waals surface area contributed by atoms with Crippen LogP contribution in [0.2, 0.25) is 0 Å². The highest BCUT2D eigenvalue weighted by Gasteiger charge is 2.23. The first-order valence-electron chi connectivity index (χ1n) is 8.08. The van der Waals surface area contributed by atoms with Gasteiger partial charge in [0, 0.05) is 25.7 Å². The maximum atomic E-state index is 3.62. The van der Waals surface area contributed by atoms with Crippen LogP contribution in [0, 0.1) is 5.92 Å². The molecule has 1 N–H and O–H groups in total. The summed E-state index contributed by atoms with van der Waals surface area (Å²) >= 11 is 0. The number of piperidine rings is 1. The fourth-order valence-electron chi connectivity index (χ4n) is 3.44. The summed E-state index contributed by atoms with van der Waals surface area (Å²) in [5.41, 5.74) is 0. The molecular formula is C15H29N3. The van der Waals surface area contributed by atoms with E-state index in [1.165, 1.54) is 84.3 Å². The molecule has 0 unspecified atom stereocenters. The van der Waals surface area contributed by atoms with Crippen molar-refractivity contribution in [2.24, 2.45) is 5.92 Å². The Hall–Kier alpha value is -0.120. The third-order valence-electron chi connectivity index (χ3n) is 4.86. The molecule has 18 heavy (non-hydrogen) atoms. The summed E-state index contributed by atoms with van der Waals surface area (Å²) in [5.74, 6) is 0.982. The van der Waals surface area contributed by atoms with Gasteiger partial charge in [0.1, 0.15) is 0 Å². The summed E-state index contributed by atoms with van der Waals surface area (Å²) in [4.78, 5) is 5.35. The topological polar surface area (TPSA) is 18.5 Å². The Balaban J connectivity index is 1.27. The maximum Gasteiger partial charge on any atom is 0.0107 e. The van der Waals surface area contributed by atoms with Crippen LogP contribution in [0.5, 0.6) is 0 Å². The van der Waals surface area contributed by atoms with E-state index < -0.39 is 0 Å². The molecule has 3 rings (SSSR count). The lowest BCUT2D eigenvalue weighted by molar-refractivity contribution is 0.154. The van der Waals surface area contributed by atoms with E-state index in [-0.39, 0.29) is 0 Å². The number of rotatable bonds is 6. The van der Waals surface area contributed by atoms with Crippen LogP contribution in [0.1, 0.15) is 38.5 Å². The van der Waals surface area contributed by atoms with Crippen LogP contribution in [0.15, 0.2) is 0 Å². The van der Waals surface area contributed by atoms with E-state index in [0.717, 1.165) is 12.0 Å². The normalized spacial score (nSPS) is 28.0. The van der Waals surface area contributed by atoms with Crippen molar-refractivity contribution in [2.45, 2.75) is 44.6 Å². The zero-order chi connectivity index (χ0) is 12.2. The first-order chi connectivity index (χ1) is 8.90. The van der Waals surface area contributed by atoms with Gasteiger partial charge in [-0.05, 0) is 70.6 Å². The van der Waals surface area contributed by atoms with Gasteiger partial charge in [-0.2, -0.15) is 0 Å². The van der Waals surface area contributed by atoms with Gasteiger partial charge in [-0.15, -0.1) is 0 Å². The molecule has 3 aliphatic rings. The average molecular weight is 251 g/mol. The maximum absolute atomic E-state index is 3.62. The van der Waals surface area contributed by atoms with Crippen LogP contribution >= 0.6 is 0 Å². The van der Waals surface area contributed by atoms with Gasteiger partial charge in [0.05, 0.1) is 0 Å². The highest BCUT2D eigenvalue weighted by Crippen LogP contribution is 2.21. The standard InChI is InChI=1S/C15H29N3/c1-2-9-18(8-1)13-14-5-10-17(11-6-14)12-7-16-15-3-4-15/h14-16H,1-13H2. The second-order valence-electron chi connectivity index (χ2n) is 6.52. The van der Waals surface area contributed by atoms with Gasteiger partial charge in [-0.1, -0.05) is 0 Å². The Bertz CT molecular complexity index is 238. The van der Waals surface area contributed by atoms with Crippen LogP contribution < -0.4 is 5.32 Å². The molecule has 3 nitrogen and oxygen atoms in total. The molecule has 1 saturated carbocycles. The first-order valence-corrected chi connectivity index (χ1v) is 8.08. The molecule has 0 aromatic rings. The van der Waals surface area contributed by atoms with E-state index in [9.17, 15) is 0 Å². The minimum absolute atomic E-state index is 0.873. The largest absolute Gasteiger partial charge is 0.313 e. The highest BCUT2D eigenvalue weighted by molar-refractivity contribution is 4.82. The molecule has 0 radical (unpaired) electrons. The summed E-state index contributed by atoms with van der Waals surface area (Å²) in [7, 11) is 0. The van der Waals surface area contributed by atoms with Gasteiger partial charge in [0.2, 0.25) is 0 Å². The Kier molecular flexibility index (Phi) is 4.55. The van der Waals surface area contributed by atoms with E-state index in [2.05, 4.69) is 15.1 Å². The van der Waals surface area contributed by atoms with Crippen molar-refractivity contribution in [3.8, 4) is 0 Å². The third kappa shape index (κ3) is 3.94. The number of likely N-dealkylation sites (tertiary alicyclic amines) is 2. The Morgan fingerprint density at radius 2 is 1.56 bits per heavy atom. The number of hydrogen-bond acceptors (Lipinski definition) is 3. The Morgan fingerprint density at radius 1 is 0.833 bits per heavy atom. The molecule has 0 amide bonds. The zero-order valence-corrected chi connectivity index (χ0v) is 11.7. The zero-order valence-electron chi connectivity index (χ0n) is 11.7. The van der Waals surface area contributed by atoms with Crippen molar-refractivity contribution in [3.05, 3.63) is 0 Å². The van der Waals surface area contributed by atoms with Crippen molar-refractivity contribution in [2.75, 3.05) is 45.8 Å². The Labute approximate surface area is 112 Å². The monoisotopic (exact) mass is 251 g/mol. The molecule has 104 valence electrons. The lowest BCUT2D eigenvalue weighted by atomic mass is 9.96. The molecule has 0 bridgehead atoms. The smallest absolute Gasteiger partial charge is 0.0107 e. The van der Waals surface area contributed by atoms with Crippen molar-refractivity contribution < 1.29 is 0 Å². The van der Waals surface area contributed by atoms with Crippen molar-refractivity contribution in [1.82, 2.24) is 15.1 Å². The molecule has 1 aliphatic carbocycles. The van der Waals surface area contributed by atoms with Crippen molar-refractivity contribution in [1.29, 1.82) is 0 Å². The molecule has 0 spiro atoms. The summed E-state index contributed by atoms with van der Waals surface area (Å²) in [5, 5.41) is 3.62. The molecule has 2 heterocycles. The van der Waals surface area contributed by atoms with Gasteiger partial charge in [-0.25, -0.2) is 0 Å². The van der Waals surface area contributed by atoms with Crippen LogP contribution in [0.25, 0.3) is 0 Å². The van der Waals surface area contributed by atoms with Gasteiger partial charge in [0.15, 0.2) is 0 Å². The van der Waals surface area contributed by atoms with Crippen LogP contribution in [0.4, 0.5) is 0 Å². The fraction of sp³-hybridized carbons (Fsp3) is 1.00. The lowest BCUT2D eigenvalue weighted by Gasteiger charge is -2.33. The second kappa shape index (κ2) is 6.36. The summed E-state index contributed by atoms with van der Waals surface area (Å²) in [6.45, 7) is 9.27. The van der Waals surface area contributed by atoms with Crippen LogP contribution in [-0.2, 0) is 0 Å². The quantitative estimate of drug-likeness (QED) is 0.773. The van der Waals surface area contributed by atoms with E-state index in [0.29, 0.717) is 0 Å². The minimum Gasteiger partial charge on any atom is -0.313 e. The Morgan fingerprint density at radius 3 is 2.22 bits per heavy atom. The number of hydrogen-bond donors (Lipinski definition) is 1. The van der Waals surface area contributed by atoms with E-state index in [1.54, 1.807) is 0 Å². The average Bonchev–Trinajstić information content (AvgIpc) is 3.07. The predicted octanol–water partition coefficient (Wildman–Crippen LogP) is 1.55. The second-order valence-corrected chi connectivity index (χ2v) is 6.52. The minimum atomic E-state index is 0.873. The van der Waals surface area contributed by atoms with Crippen LogP contribution in [0.3, 0.4) is 0 Å². The number of nitrogens with zero attached hydrogens (tertiary/aromatic N) is 2. The highest BCUT2D eigenvalue weighted by atomic mass is 15.2. The molecule has 0 atom stereocenters. The summed E-state index contributed by atoms with van der Waals surface area (Å²) in [6, 6.07) is 0.873. The van der Waals surface area contributed by atoms with Gasteiger partial charge < -0.3 is 15.1 Å². The molecule has 0 aromatic heterocycles. The van der Waals surface area contributed by atoms with E-state index in [4.69, 9.17) is 0 Å². The van der Waals surface area contributed by atoms with Gasteiger partial charge >= 0.3 is 0 Å². The SMILES string of the molecule is C1CCN(CC2CCN(CCNC3CC3)CC2)C1. The van der Waals surface area contributed by atoms with Crippen molar-refractivity contribution in [3.63, 3.8) is 0 Å². The lowest BCUT2D eigenvalue weighted by Crippen LogP contribution is -2.41. The molecule has 0 aromatic carbocycles. The molecular weight excluding hydrogens is 222 g/mol. The number of nitrogens with one attached hydrogen (secondary N) is 1. The predicted molar refractivity (Wildman–Crippen MR) is 75.9 cm³/mol. The molecule has 2 saturated heterocycles. The van der Waals surface area contributed by atoms with E-state index >= 15 is 0 Å². The molecule has 2 aliphatic heterocycles. The van der Waals surface area contributed by atoms with Gasteiger partial charge in [-0.3, -0.25) is 0 Å².